The molecule has 0 aliphatic carbocycles. The molecule has 1 aromatic heterocycles. The summed E-state index contributed by atoms with van der Waals surface area (Å²) in [6.45, 7) is 0.770. The van der Waals surface area contributed by atoms with Gasteiger partial charge >= 0.3 is 0 Å². The minimum Gasteiger partial charge on any atom is -0.375 e. The molecule has 2 heterocycles. The topological polar surface area (TPSA) is 100 Å². The van der Waals surface area contributed by atoms with Crippen molar-refractivity contribution in [2.45, 2.75) is 12.0 Å². The average Bonchev–Trinajstić information content (AvgIpc) is 3.42. The second-order valence-electron chi connectivity index (χ2n) is 7.20. The van der Waals surface area contributed by atoms with Crippen molar-refractivity contribution in [1.82, 2.24) is 25.4 Å². The van der Waals surface area contributed by atoms with E-state index in [1.165, 1.54) is 7.11 Å². The van der Waals surface area contributed by atoms with Crippen LogP contribution in [0.4, 0.5) is 0 Å². The first-order valence-electron chi connectivity index (χ1n) is 9.76. The van der Waals surface area contributed by atoms with E-state index in [1.54, 1.807) is 17.0 Å². The van der Waals surface area contributed by atoms with Crippen molar-refractivity contribution in [3.05, 3.63) is 72.1 Å². The third-order valence-corrected chi connectivity index (χ3v) is 5.14. The van der Waals surface area contributed by atoms with Gasteiger partial charge in [-0.25, -0.2) is 4.98 Å². The van der Waals surface area contributed by atoms with Gasteiger partial charge in [0.1, 0.15) is 12.4 Å². The number of methoxy groups -OCH3 is 1. The van der Waals surface area contributed by atoms with Gasteiger partial charge in [-0.3, -0.25) is 14.7 Å². The lowest BCUT2D eigenvalue weighted by molar-refractivity contribution is -0.125. The number of likely N-dealkylation sites (tertiary alicyclic amines) is 1. The molecular weight excluding hydrogens is 382 g/mol. The lowest BCUT2D eigenvalue weighted by atomic mass is 10.0. The first kappa shape index (κ1) is 19.8. The zero-order valence-corrected chi connectivity index (χ0v) is 16.6. The Balaban J connectivity index is 1.58. The van der Waals surface area contributed by atoms with E-state index in [0.29, 0.717) is 30.3 Å². The fourth-order valence-electron chi connectivity index (χ4n) is 3.69. The number of hydrogen-bond donors (Lipinski definition) is 2. The van der Waals surface area contributed by atoms with Gasteiger partial charge in [0.05, 0.1) is 12.0 Å². The molecule has 30 heavy (non-hydrogen) atoms. The monoisotopic (exact) mass is 405 g/mol. The highest BCUT2D eigenvalue weighted by molar-refractivity contribution is 5.94. The maximum atomic E-state index is 12.9. The second kappa shape index (κ2) is 8.87. The third kappa shape index (κ3) is 4.23. The summed E-state index contributed by atoms with van der Waals surface area (Å²) in [5, 5.41) is 10.3. The number of nitrogens with one attached hydrogen (secondary N) is 2. The zero-order chi connectivity index (χ0) is 20.9. The number of nitrogens with zero attached hydrogens (tertiary/aromatic N) is 3. The molecule has 0 unspecified atom stereocenters. The minimum atomic E-state index is -0.295. The van der Waals surface area contributed by atoms with Crippen molar-refractivity contribution in [3.8, 4) is 11.4 Å². The summed E-state index contributed by atoms with van der Waals surface area (Å²) in [7, 11) is 1.47. The van der Waals surface area contributed by atoms with Crippen molar-refractivity contribution in [1.29, 1.82) is 0 Å². The van der Waals surface area contributed by atoms with E-state index in [1.807, 2.05) is 48.5 Å². The van der Waals surface area contributed by atoms with Crippen molar-refractivity contribution < 1.29 is 14.3 Å². The number of aromatic amines is 1. The lowest BCUT2D eigenvalue weighted by Crippen LogP contribution is -2.42. The van der Waals surface area contributed by atoms with E-state index in [0.717, 1.165) is 5.56 Å². The molecule has 0 saturated carbocycles. The molecule has 3 aromatic rings. The van der Waals surface area contributed by atoms with Gasteiger partial charge < -0.3 is 15.0 Å². The van der Waals surface area contributed by atoms with Gasteiger partial charge in [0, 0.05) is 31.3 Å². The van der Waals surface area contributed by atoms with E-state index in [-0.39, 0.29) is 30.4 Å². The summed E-state index contributed by atoms with van der Waals surface area (Å²) in [6, 6.07) is 18.5. The molecule has 0 bridgehead atoms. The summed E-state index contributed by atoms with van der Waals surface area (Å²) in [5.74, 6) is 0.708. The Morgan fingerprint density at radius 2 is 1.80 bits per heavy atom. The Morgan fingerprint density at radius 1 is 1.10 bits per heavy atom. The summed E-state index contributed by atoms with van der Waals surface area (Å²) >= 11 is 0. The molecule has 1 aliphatic heterocycles. The summed E-state index contributed by atoms with van der Waals surface area (Å²) < 4.78 is 4.93. The summed E-state index contributed by atoms with van der Waals surface area (Å²) in [5.41, 5.74) is 1.51. The van der Waals surface area contributed by atoms with Crippen molar-refractivity contribution in [2.75, 3.05) is 26.8 Å². The van der Waals surface area contributed by atoms with Gasteiger partial charge in [0.25, 0.3) is 5.91 Å². The van der Waals surface area contributed by atoms with Crippen LogP contribution in [0.1, 0.15) is 22.1 Å². The second-order valence-corrected chi connectivity index (χ2v) is 7.20. The summed E-state index contributed by atoms with van der Waals surface area (Å²) in [6.07, 6.45) is 0. The third-order valence-electron chi connectivity index (χ3n) is 5.14. The number of aromatic nitrogens is 3. The Kier molecular flexibility index (Phi) is 5.85. The number of rotatable bonds is 6. The van der Waals surface area contributed by atoms with Crippen molar-refractivity contribution in [3.63, 3.8) is 0 Å². The predicted molar refractivity (Wildman–Crippen MR) is 111 cm³/mol. The molecule has 2 N–H and O–H groups in total. The van der Waals surface area contributed by atoms with Gasteiger partial charge in [-0.2, -0.15) is 5.10 Å². The number of benzene rings is 2. The highest BCUT2D eigenvalue weighted by Gasteiger charge is 2.39. The Labute approximate surface area is 174 Å². The number of hydrogen-bond acceptors (Lipinski definition) is 5. The molecule has 1 fully saturated rings. The number of ether oxygens (including phenoxy) is 1. The van der Waals surface area contributed by atoms with Crippen molar-refractivity contribution >= 4 is 11.8 Å². The average molecular weight is 405 g/mol. The number of amides is 2. The maximum Gasteiger partial charge on any atom is 0.253 e. The van der Waals surface area contributed by atoms with Crippen LogP contribution in [0.25, 0.3) is 11.4 Å². The van der Waals surface area contributed by atoms with Crippen LogP contribution in [-0.4, -0.2) is 64.7 Å². The molecule has 0 radical (unpaired) electrons. The van der Waals surface area contributed by atoms with Crippen LogP contribution in [-0.2, 0) is 9.53 Å². The van der Waals surface area contributed by atoms with E-state index in [2.05, 4.69) is 20.5 Å². The molecule has 2 atom stereocenters. The van der Waals surface area contributed by atoms with Crippen LogP contribution in [0.5, 0.6) is 0 Å². The number of carbonyl (C=O) groups is 2. The molecule has 4 rings (SSSR count). The predicted octanol–water partition coefficient (Wildman–Crippen LogP) is 1.84. The SMILES string of the molecule is COCC(=O)N[C@@H]1CN(C(=O)c2ccccc2)C[C@H]1c1nc(-c2ccccc2)n[nH]1. The fourth-order valence-corrected chi connectivity index (χ4v) is 3.69. The van der Waals surface area contributed by atoms with Crippen LogP contribution in [0.3, 0.4) is 0 Å². The highest BCUT2D eigenvalue weighted by Crippen LogP contribution is 2.28. The molecule has 1 saturated heterocycles. The molecule has 2 amide bonds. The van der Waals surface area contributed by atoms with Crippen LogP contribution >= 0.6 is 0 Å². The molecule has 8 nitrogen and oxygen atoms in total. The van der Waals surface area contributed by atoms with Gasteiger partial charge in [-0.15, -0.1) is 0 Å². The first-order chi connectivity index (χ1) is 14.7. The maximum absolute atomic E-state index is 12.9. The number of carbonyl (C=O) groups excluding carboxylic acids is 2. The largest absolute Gasteiger partial charge is 0.375 e. The van der Waals surface area contributed by atoms with Gasteiger partial charge in [0.15, 0.2) is 5.82 Å². The molecule has 2 aromatic carbocycles. The Morgan fingerprint density at radius 3 is 2.50 bits per heavy atom. The van der Waals surface area contributed by atoms with Crippen LogP contribution in [0, 0.1) is 0 Å². The Hall–Kier alpha value is -3.52. The quantitative estimate of drug-likeness (QED) is 0.652. The number of H-pyrrole nitrogens is 1. The first-order valence-corrected chi connectivity index (χ1v) is 9.76. The van der Waals surface area contributed by atoms with Crippen LogP contribution in [0.2, 0.25) is 0 Å². The molecule has 1 aliphatic rings. The van der Waals surface area contributed by atoms with E-state index in [9.17, 15) is 9.59 Å². The highest BCUT2D eigenvalue weighted by atomic mass is 16.5. The lowest BCUT2D eigenvalue weighted by Gasteiger charge is -2.17. The minimum absolute atomic E-state index is 0.0402. The van der Waals surface area contributed by atoms with Crippen LogP contribution in [0.15, 0.2) is 60.7 Å². The molecule has 8 heteroatoms. The summed E-state index contributed by atoms with van der Waals surface area (Å²) in [4.78, 5) is 31.5. The normalized spacial score (nSPS) is 18.4. The smallest absolute Gasteiger partial charge is 0.253 e. The van der Waals surface area contributed by atoms with E-state index in [4.69, 9.17) is 4.74 Å². The fraction of sp³-hybridized carbons (Fsp3) is 0.273. The zero-order valence-electron chi connectivity index (χ0n) is 16.6. The molecule has 154 valence electrons. The van der Waals surface area contributed by atoms with Crippen molar-refractivity contribution in [2.24, 2.45) is 0 Å². The van der Waals surface area contributed by atoms with E-state index < -0.39 is 0 Å². The van der Waals surface area contributed by atoms with Gasteiger partial charge in [-0.1, -0.05) is 48.5 Å². The van der Waals surface area contributed by atoms with Gasteiger partial charge in [-0.05, 0) is 12.1 Å². The molecular formula is C22H23N5O3. The van der Waals surface area contributed by atoms with E-state index >= 15 is 0 Å². The van der Waals surface area contributed by atoms with Gasteiger partial charge in [0.2, 0.25) is 5.91 Å². The Bertz CT molecular complexity index is 1010. The molecule has 0 spiro atoms. The standard InChI is InChI=1S/C22H23N5O3/c1-30-14-19(28)23-18-13-27(22(29)16-10-6-3-7-11-16)12-17(18)21-24-20(25-26-21)15-8-4-2-5-9-15/h2-11,17-18H,12-14H2,1H3,(H,23,28)(H,24,25,26)/t17-,18-/m1/s1. The van der Waals surface area contributed by atoms with Crippen LogP contribution < -0.4 is 5.32 Å².